The molecule has 0 aliphatic heterocycles. The van der Waals surface area contributed by atoms with Crippen LogP contribution in [0.5, 0.6) is 5.75 Å². The van der Waals surface area contributed by atoms with Gasteiger partial charge < -0.3 is 15.0 Å². The fourth-order valence-electron chi connectivity index (χ4n) is 3.60. The molecule has 198 valence electrons. The van der Waals surface area contributed by atoms with Gasteiger partial charge in [-0.25, -0.2) is 4.31 Å². The highest BCUT2D eigenvalue weighted by molar-refractivity contribution is 7.90. The molecule has 0 spiro atoms. The van der Waals surface area contributed by atoms with Crippen molar-refractivity contribution in [3.63, 3.8) is 0 Å². The van der Waals surface area contributed by atoms with Crippen LogP contribution in [0.15, 0.2) is 54.6 Å². The number of carbonyl (C=O) groups is 2. The number of methoxy groups -OCH3 is 1. The zero-order valence-corrected chi connectivity index (χ0v) is 22.8. The van der Waals surface area contributed by atoms with E-state index in [1.165, 1.54) is 19.0 Å². The van der Waals surface area contributed by atoms with Crippen molar-refractivity contribution in [3.8, 4) is 5.75 Å². The lowest BCUT2D eigenvalue weighted by Gasteiger charge is -2.34. The third-order valence-electron chi connectivity index (χ3n) is 5.96. The van der Waals surface area contributed by atoms with Crippen molar-refractivity contribution in [2.45, 2.75) is 52.2 Å². The van der Waals surface area contributed by atoms with Crippen LogP contribution in [-0.2, 0) is 26.3 Å². The summed E-state index contributed by atoms with van der Waals surface area (Å²) in [5.74, 6) is -0.0767. The molecule has 0 bridgehead atoms. The SMILES string of the molecule is CC[C@H](C)NC(=O)[C@H](CC)N(Cc1ccc(OC)cc1)C(=O)CN(c1ccccc1)S(=O)(=O)N(C)C. The van der Waals surface area contributed by atoms with Gasteiger partial charge in [0.15, 0.2) is 0 Å². The maximum atomic E-state index is 13.8. The average Bonchev–Trinajstić information content (AvgIpc) is 2.87. The Morgan fingerprint density at radius 1 is 0.972 bits per heavy atom. The van der Waals surface area contributed by atoms with E-state index in [9.17, 15) is 18.0 Å². The molecule has 0 saturated heterocycles. The summed E-state index contributed by atoms with van der Waals surface area (Å²) in [5, 5.41) is 2.96. The minimum atomic E-state index is -3.98. The Morgan fingerprint density at radius 3 is 2.08 bits per heavy atom. The van der Waals surface area contributed by atoms with E-state index in [4.69, 9.17) is 4.74 Å². The molecule has 2 atom stereocenters. The molecule has 36 heavy (non-hydrogen) atoms. The van der Waals surface area contributed by atoms with Gasteiger partial charge in [0.1, 0.15) is 18.3 Å². The molecule has 2 aromatic carbocycles. The summed E-state index contributed by atoms with van der Waals surface area (Å²) in [7, 11) is 0.426. The minimum Gasteiger partial charge on any atom is -0.497 e. The number of anilines is 1. The lowest BCUT2D eigenvalue weighted by atomic mass is 10.1. The summed E-state index contributed by atoms with van der Waals surface area (Å²) < 4.78 is 33.7. The van der Waals surface area contributed by atoms with Gasteiger partial charge in [0.05, 0.1) is 12.8 Å². The third kappa shape index (κ3) is 7.44. The monoisotopic (exact) mass is 518 g/mol. The summed E-state index contributed by atoms with van der Waals surface area (Å²) in [6.07, 6.45) is 1.12. The molecule has 1 N–H and O–H groups in total. The predicted octanol–water partition coefficient (Wildman–Crippen LogP) is 3.03. The lowest BCUT2D eigenvalue weighted by molar-refractivity contribution is -0.140. The smallest absolute Gasteiger partial charge is 0.304 e. The number of amides is 2. The molecule has 9 nitrogen and oxygen atoms in total. The molecule has 0 fully saturated rings. The highest BCUT2D eigenvalue weighted by Crippen LogP contribution is 2.21. The number of nitrogens with one attached hydrogen (secondary N) is 1. The van der Waals surface area contributed by atoms with Crippen molar-refractivity contribution in [3.05, 3.63) is 60.2 Å². The van der Waals surface area contributed by atoms with Gasteiger partial charge in [-0.2, -0.15) is 12.7 Å². The largest absolute Gasteiger partial charge is 0.497 e. The summed E-state index contributed by atoms with van der Waals surface area (Å²) >= 11 is 0. The highest BCUT2D eigenvalue weighted by atomic mass is 32.2. The minimum absolute atomic E-state index is 0.0561. The van der Waals surface area contributed by atoms with Gasteiger partial charge in [-0.1, -0.05) is 44.2 Å². The van der Waals surface area contributed by atoms with E-state index in [1.807, 2.05) is 32.9 Å². The van der Waals surface area contributed by atoms with Gasteiger partial charge in [-0.05, 0) is 49.6 Å². The van der Waals surface area contributed by atoms with Gasteiger partial charge >= 0.3 is 10.2 Å². The molecular weight excluding hydrogens is 480 g/mol. The van der Waals surface area contributed by atoms with Crippen LogP contribution in [0.3, 0.4) is 0 Å². The molecular formula is C26H38N4O5S. The number of para-hydroxylation sites is 1. The standard InChI is InChI=1S/C26H38N4O5S/c1-7-20(3)27-26(32)24(8-2)29(18-21-14-16-23(35-6)17-15-21)25(31)19-30(36(33,34)28(4)5)22-12-10-9-11-13-22/h9-17,20,24H,7-8,18-19H2,1-6H3,(H,27,32)/t20-,24-/m0/s1. The molecule has 0 radical (unpaired) electrons. The Morgan fingerprint density at radius 2 is 1.58 bits per heavy atom. The molecule has 0 aromatic heterocycles. The lowest BCUT2D eigenvalue weighted by Crippen LogP contribution is -2.54. The van der Waals surface area contributed by atoms with Crippen LogP contribution in [-0.4, -0.2) is 69.3 Å². The number of hydrogen-bond donors (Lipinski definition) is 1. The molecule has 2 aromatic rings. The molecule has 0 heterocycles. The Labute approximate surface area is 215 Å². The van der Waals surface area contributed by atoms with E-state index in [-0.39, 0.29) is 18.5 Å². The van der Waals surface area contributed by atoms with Crippen molar-refractivity contribution < 1.29 is 22.7 Å². The number of nitrogens with zero attached hydrogens (tertiary/aromatic N) is 3. The number of carbonyl (C=O) groups excluding carboxylic acids is 2. The zero-order chi connectivity index (χ0) is 26.9. The van der Waals surface area contributed by atoms with Crippen LogP contribution < -0.4 is 14.4 Å². The fourth-order valence-corrected chi connectivity index (χ4v) is 4.66. The number of ether oxygens (including phenoxy) is 1. The van der Waals surface area contributed by atoms with Crippen molar-refractivity contribution >= 4 is 27.7 Å². The van der Waals surface area contributed by atoms with E-state index in [0.29, 0.717) is 17.9 Å². The maximum Gasteiger partial charge on any atom is 0.304 e. The topological polar surface area (TPSA) is 99.3 Å². The molecule has 2 rings (SSSR count). The van der Waals surface area contributed by atoms with E-state index in [2.05, 4.69) is 5.32 Å². The van der Waals surface area contributed by atoms with Crippen molar-refractivity contribution in [1.82, 2.24) is 14.5 Å². The van der Waals surface area contributed by atoms with Gasteiger partial charge in [0.25, 0.3) is 0 Å². The molecule has 0 aliphatic rings. The van der Waals surface area contributed by atoms with Crippen molar-refractivity contribution in [2.24, 2.45) is 0 Å². The average molecular weight is 519 g/mol. The van der Waals surface area contributed by atoms with E-state index >= 15 is 0 Å². The maximum absolute atomic E-state index is 13.8. The van der Waals surface area contributed by atoms with Gasteiger partial charge in [-0.15, -0.1) is 0 Å². The zero-order valence-electron chi connectivity index (χ0n) is 22.0. The van der Waals surface area contributed by atoms with Crippen LogP contribution in [0.25, 0.3) is 0 Å². The second-order valence-electron chi connectivity index (χ2n) is 8.74. The van der Waals surface area contributed by atoms with Gasteiger partial charge in [-0.3, -0.25) is 9.59 Å². The number of benzene rings is 2. The Kier molecular flexibility index (Phi) is 10.7. The summed E-state index contributed by atoms with van der Waals surface area (Å²) in [6.45, 7) is 5.39. The molecule has 2 amide bonds. The van der Waals surface area contributed by atoms with Crippen LogP contribution in [0.4, 0.5) is 5.69 Å². The molecule has 0 aliphatic carbocycles. The molecule has 10 heteroatoms. The first kappa shape index (κ1) is 29.1. The Balaban J connectivity index is 2.47. The van der Waals surface area contributed by atoms with E-state index < -0.39 is 28.7 Å². The quantitative estimate of drug-likeness (QED) is 0.440. The summed E-state index contributed by atoms with van der Waals surface area (Å²) in [6, 6.07) is 14.8. The first-order chi connectivity index (χ1) is 17.0. The van der Waals surface area contributed by atoms with Crippen LogP contribution in [0.1, 0.15) is 39.2 Å². The van der Waals surface area contributed by atoms with Crippen LogP contribution in [0.2, 0.25) is 0 Å². The highest BCUT2D eigenvalue weighted by Gasteiger charge is 2.34. The second-order valence-corrected chi connectivity index (χ2v) is 10.8. The first-order valence-corrected chi connectivity index (χ1v) is 13.4. The normalized spacial score (nSPS) is 13.1. The molecule has 0 unspecified atom stereocenters. The van der Waals surface area contributed by atoms with Gasteiger partial charge in [0.2, 0.25) is 11.8 Å². The number of hydrogen-bond acceptors (Lipinski definition) is 5. The fraction of sp³-hybridized carbons (Fsp3) is 0.462. The third-order valence-corrected chi connectivity index (χ3v) is 7.78. The Hall–Kier alpha value is -3.11. The van der Waals surface area contributed by atoms with Crippen LogP contribution in [0, 0.1) is 0 Å². The molecule has 0 saturated carbocycles. The summed E-state index contributed by atoms with van der Waals surface area (Å²) in [5.41, 5.74) is 1.15. The van der Waals surface area contributed by atoms with Gasteiger partial charge in [0, 0.05) is 26.7 Å². The van der Waals surface area contributed by atoms with Crippen molar-refractivity contribution in [2.75, 3.05) is 32.1 Å². The second kappa shape index (κ2) is 13.3. The van der Waals surface area contributed by atoms with Crippen LogP contribution >= 0.6 is 0 Å². The van der Waals surface area contributed by atoms with E-state index in [0.717, 1.165) is 20.6 Å². The van der Waals surface area contributed by atoms with Crippen molar-refractivity contribution in [1.29, 1.82) is 0 Å². The predicted molar refractivity (Wildman–Crippen MR) is 142 cm³/mol. The first-order valence-electron chi connectivity index (χ1n) is 12.0. The van der Waals surface area contributed by atoms with E-state index in [1.54, 1.807) is 49.6 Å². The Bertz CT molecular complexity index is 1090. The number of rotatable bonds is 13. The summed E-state index contributed by atoms with van der Waals surface area (Å²) in [4.78, 5) is 28.4.